The Morgan fingerprint density at radius 3 is 2.30 bits per heavy atom. The summed E-state index contributed by atoms with van der Waals surface area (Å²) in [5.41, 5.74) is 0. The molecule has 0 atom stereocenters. The molecule has 0 aliphatic heterocycles. The van der Waals surface area contributed by atoms with Gasteiger partial charge in [0.2, 0.25) is 16.0 Å². The molecule has 10 heteroatoms. The van der Waals surface area contributed by atoms with Crippen molar-refractivity contribution in [1.29, 1.82) is 0 Å². The van der Waals surface area contributed by atoms with Gasteiger partial charge in [-0.15, -0.1) is 0 Å². The fraction of sp³-hybridized carbons (Fsp3) is 0.600. The third kappa shape index (κ3) is 5.70. The summed E-state index contributed by atoms with van der Waals surface area (Å²) in [7, 11) is -4.02. The molecule has 0 saturated carbocycles. The van der Waals surface area contributed by atoms with Crippen molar-refractivity contribution in [1.82, 2.24) is 14.7 Å². The monoisotopic (exact) mass is 312 g/mol. The lowest BCUT2D eigenvalue weighted by atomic mass is 10.4. The topological polar surface area (TPSA) is 84.0 Å². The van der Waals surface area contributed by atoms with Gasteiger partial charge in [-0.3, -0.25) is 0 Å². The number of sulfonamides is 1. The first-order chi connectivity index (χ1) is 9.24. The van der Waals surface area contributed by atoms with Crippen LogP contribution in [0.4, 0.5) is 19.1 Å². The van der Waals surface area contributed by atoms with Gasteiger partial charge in [0.1, 0.15) is 4.90 Å². The van der Waals surface area contributed by atoms with E-state index >= 15 is 0 Å². The van der Waals surface area contributed by atoms with E-state index in [1.807, 2.05) is 11.6 Å². The molecule has 0 aliphatic rings. The molecule has 20 heavy (non-hydrogen) atoms. The molecule has 114 valence electrons. The average Bonchev–Trinajstić information content (AvgIpc) is 2.35. The lowest BCUT2D eigenvalue weighted by molar-refractivity contribution is -0.132. The standard InChI is InChI=1S/C10H15F3N4O2S/c1-2-4-14-9-15-6-8(7-16-9)20(18,19)17-5-3-10(11,12)13/h6-7,17H,2-5H2,1H3,(H,14,15,16). The normalized spacial score (nSPS) is 12.4. The molecule has 0 amide bonds. The number of nitrogens with zero attached hydrogens (tertiary/aromatic N) is 2. The third-order valence-electron chi connectivity index (χ3n) is 2.17. The number of alkyl halides is 3. The first kappa shape index (κ1) is 16.6. The Hall–Kier alpha value is -1.42. The lowest BCUT2D eigenvalue weighted by Crippen LogP contribution is -2.28. The minimum Gasteiger partial charge on any atom is -0.354 e. The van der Waals surface area contributed by atoms with Crippen molar-refractivity contribution < 1.29 is 21.6 Å². The van der Waals surface area contributed by atoms with Crippen LogP contribution in [-0.2, 0) is 10.0 Å². The van der Waals surface area contributed by atoms with Gasteiger partial charge in [-0.25, -0.2) is 23.1 Å². The summed E-state index contributed by atoms with van der Waals surface area (Å²) < 4.78 is 61.0. The van der Waals surface area contributed by atoms with Gasteiger partial charge in [-0.1, -0.05) is 6.92 Å². The van der Waals surface area contributed by atoms with E-state index in [1.54, 1.807) is 0 Å². The molecule has 0 saturated heterocycles. The highest BCUT2D eigenvalue weighted by Crippen LogP contribution is 2.18. The highest BCUT2D eigenvalue weighted by atomic mass is 32.2. The zero-order valence-corrected chi connectivity index (χ0v) is 11.6. The third-order valence-corrected chi connectivity index (χ3v) is 3.59. The molecule has 0 radical (unpaired) electrons. The van der Waals surface area contributed by atoms with Crippen LogP contribution < -0.4 is 10.0 Å². The first-order valence-electron chi connectivity index (χ1n) is 5.87. The second-order valence-electron chi connectivity index (χ2n) is 3.93. The molecule has 1 aromatic rings. The molecule has 2 N–H and O–H groups in total. The fourth-order valence-electron chi connectivity index (χ4n) is 1.19. The second-order valence-corrected chi connectivity index (χ2v) is 5.70. The molecule has 1 heterocycles. The fourth-order valence-corrected chi connectivity index (χ4v) is 2.11. The number of halogens is 3. The van der Waals surface area contributed by atoms with Gasteiger partial charge in [-0.05, 0) is 6.42 Å². The minimum absolute atomic E-state index is 0.265. The summed E-state index contributed by atoms with van der Waals surface area (Å²) in [4.78, 5) is 7.28. The van der Waals surface area contributed by atoms with Crippen molar-refractivity contribution in [3.05, 3.63) is 12.4 Å². The predicted molar refractivity (Wildman–Crippen MR) is 66.7 cm³/mol. The smallest absolute Gasteiger partial charge is 0.354 e. The lowest BCUT2D eigenvalue weighted by Gasteiger charge is -2.09. The van der Waals surface area contributed by atoms with Crippen LogP contribution >= 0.6 is 0 Å². The Morgan fingerprint density at radius 2 is 1.80 bits per heavy atom. The molecule has 6 nitrogen and oxygen atoms in total. The molecule has 0 bridgehead atoms. The molecule has 0 spiro atoms. The van der Waals surface area contributed by atoms with Crippen LogP contribution in [-0.4, -0.2) is 37.7 Å². The molecule has 0 fully saturated rings. The molecule has 1 aromatic heterocycles. The van der Waals surface area contributed by atoms with E-state index in [9.17, 15) is 21.6 Å². The summed E-state index contributed by atoms with van der Waals surface area (Å²) in [6.45, 7) is 1.86. The summed E-state index contributed by atoms with van der Waals surface area (Å²) in [6.07, 6.45) is -2.71. The van der Waals surface area contributed by atoms with Crippen LogP contribution in [0.2, 0.25) is 0 Å². The van der Waals surface area contributed by atoms with Gasteiger partial charge in [0.15, 0.2) is 0 Å². The maximum atomic E-state index is 11.9. The highest BCUT2D eigenvalue weighted by Gasteiger charge is 2.27. The van der Waals surface area contributed by atoms with Crippen LogP contribution in [0.1, 0.15) is 19.8 Å². The predicted octanol–water partition coefficient (Wildman–Crippen LogP) is 1.53. The van der Waals surface area contributed by atoms with Crippen molar-refractivity contribution in [3.8, 4) is 0 Å². The summed E-state index contributed by atoms with van der Waals surface area (Å²) in [5.74, 6) is 0.265. The van der Waals surface area contributed by atoms with Crippen molar-refractivity contribution in [2.24, 2.45) is 0 Å². The van der Waals surface area contributed by atoms with Gasteiger partial charge < -0.3 is 5.32 Å². The van der Waals surface area contributed by atoms with Gasteiger partial charge in [0, 0.05) is 13.1 Å². The van der Waals surface area contributed by atoms with Crippen LogP contribution in [0.15, 0.2) is 17.3 Å². The van der Waals surface area contributed by atoms with Crippen molar-refractivity contribution in [2.45, 2.75) is 30.8 Å². The van der Waals surface area contributed by atoms with Gasteiger partial charge in [-0.2, -0.15) is 13.2 Å². The van der Waals surface area contributed by atoms with Gasteiger partial charge >= 0.3 is 6.18 Å². The van der Waals surface area contributed by atoms with Crippen molar-refractivity contribution >= 4 is 16.0 Å². The molecule has 0 aromatic carbocycles. The minimum atomic E-state index is -4.41. The number of nitrogens with one attached hydrogen (secondary N) is 2. The summed E-state index contributed by atoms with van der Waals surface area (Å²) in [6, 6.07) is 0. The summed E-state index contributed by atoms with van der Waals surface area (Å²) >= 11 is 0. The molecule has 0 aliphatic carbocycles. The Kier molecular flexibility index (Phi) is 5.69. The number of hydrogen-bond acceptors (Lipinski definition) is 5. The van der Waals surface area contributed by atoms with Crippen LogP contribution in [0, 0.1) is 0 Å². The Labute approximate surface area is 114 Å². The zero-order valence-electron chi connectivity index (χ0n) is 10.7. The first-order valence-corrected chi connectivity index (χ1v) is 7.35. The number of aromatic nitrogens is 2. The second kappa shape index (κ2) is 6.84. The van der Waals surface area contributed by atoms with Crippen molar-refractivity contribution in [2.75, 3.05) is 18.4 Å². The number of anilines is 1. The number of rotatable bonds is 7. The van der Waals surface area contributed by atoms with Crippen LogP contribution in [0.25, 0.3) is 0 Å². The van der Waals surface area contributed by atoms with Crippen LogP contribution in [0.3, 0.4) is 0 Å². The molecular formula is C10H15F3N4O2S. The largest absolute Gasteiger partial charge is 0.390 e. The Balaban J connectivity index is 2.63. The van der Waals surface area contributed by atoms with E-state index in [-0.39, 0.29) is 10.8 Å². The SMILES string of the molecule is CCCNc1ncc(S(=O)(=O)NCCC(F)(F)F)cn1. The van der Waals surface area contributed by atoms with Gasteiger partial charge in [0.05, 0.1) is 18.8 Å². The summed E-state index contributed by atoms with van der Waals surface area (Å²) in [5, 5.41) is 2.85. The maximum absolute atomic E-state index is 11.9. The van der Waals surface area contributed by atoms with E-state index < -0.39 is 29.2 Å². The highest BCUT2D eigenvalue weighted by molar-refractivity contribution is 7.89. The number of hydrogen-bond donors (Lipinski definition) is 2. The van der Waals surface area contributed by atoms with E-state index in [1.165, 1.54) is 0 Å². The molecular weight excluding hydrogens is 297 g/mol. The zero-order chi connectivity index (χ0) is 15.2. The average molecular weight is 312 g/mol. The maximum Gasteiger partial charge on any atom is 0.390 e. The van der Waals surface area contributed by atoms with E-state index in [4.69, 9.17) is 0 Å². The van der Waals surface area contributed by atoms with E-state index in [2.05, 4.69) is 15.3 Å². The quantitative estimate of drug-likeness (QED) is 0.797. The van der Waals surface area contributed by atoms with E-state index in [0.29, 0.717) is 6.54 Å². The molecule has 0 unspecified atom stereocenters. The molecule has 1 rings (SSSR count). The Bertz CT molecular complexity index is 516. The van der Waals surface area contributed by atoms with Gasteiger partial charge in [0.25, 0.3) is 0 Å². The van der Waals surface area contributed by atoms with Crippen LogP contribution in [0.5, 0.6) is 0 Å². The van der Waals surface area contributed by atoms with E-state index in [0.717, 1.165) is 18.8 Å². The Morgan fingerprint density at radius 1 is 1.20 bits per heavy atom. The van der Waals surface area contributed by atoms with Crippen molar-refractivity contribution in [3.63, 3.8) is 0 Å².